The summed E-state index contributed by atoms with van der Waals surface area (Å²) >= 11 is 0. The molecule has 2 unspecified atom stereocenters. The van der Waals surface area contributed by atoms with Crippen molar-refractivity contribution in [2.24, 2.45) is 0 Å². The van der Waals surface area contributed by atoms with E-state index in [1.807, 2.05) is 0 Å². The monoisotopic (exact) mass is 392 g/mol. The van der Waals surface area contributed by atoms with E-state index in [-0.39, 0.29) is 12.8 Å². The van der Waals surface area contributed by atoms with Crippen LogP contribution < -0.4 is 0 Å². The highest BCUT2D eigenvalue weighted by molar-refractivity contribution is 6.15. The van der Waals surface area contributed by atoms with Crippen LogP contribution in [0.3, 0.4) is 0 Å². The first-order chi connectivity index (χ1) is 14.0. The number of rotatable bonds is 2. The second kappa shape index (κ2) is 6.16. The summed E-state index contributed by atoms with van der Waals surface area (Å²) in [5, 5.41) is 0.629. The van der Waals surface area contributed by atoms with E-state index in [0.29, 0.717) is 28.0 Å². The first-order valence-electron chi connectivity index (χ1n) is 9.13. The fraction of sp³-hybridized carbons (Fsp3) is 0.238. The highest BCUT2D eigenvalue weighted by atomic mass is 16.6. The van der Waals surface area contributed by atoms with E-state index in [1.54, 1.807) is 31.2 Å². The number of hydrogen-bond acceptors (Lipinski definition) is 7. The van der Waals surface area contributed by atoms with Crippen LogP contribution in [0.2, 0.25) is 0 Å². The van der Waals surface area contributed by atoms with E-state index in [4.69, 9.17) is 13.9 Å². The number of carbonyl (C=O) groups excluding carboxylic acids is 3. The Morgan fingerprint density at radius 1 is 1.17 bits per heavy atom. The number of carbonyl (C=O) groups is 3. The smallest absolute Gasteiger partial charge is 0.332 e. The van der Waals surface area contributed by atoms with Crippen LogP contribution in [0.1, 0.15) is 27.5 Å². The minimum absolute atomic E-state index is 0.0301. The van der Waals surface area contributed by atoms with Crippen LogP contribution in [0.15, 0.2) is 47.2 Å². The lowest BCUT2D eigenvalue weighted by atomic mass is 9.75. The molecular formula is C21H16N2O6. The summed E-state index contributed by atoms with van der Waals surface area (Å²) in [5.41, 5.74) is 0.430. The Hall–Kier alpha value is -3.68. The summed E-state index contributed by atoms with van der Waals surface area (Å²) < 4.78 is 17.1. The highest BCUT2D eigenvalue weighted by Crippen LogP contribution is 2.41. The minimum Gasteiger partial charge on any atom is -0.460 e. The van der Waals surface area contributed by atoms with E-state index in [1.165, 1.54) is 6.33 Å². The van der Waals surface area contributed by atoms with Gasteiger partial charge in [0.25, 0.3) is 0 Å². The molecule has 1 aromatic carbocycles. The fourth-order valence-corrected chi connectivity index (χ4v) is 4.00. The summed E-state index contributed by atoms with van der Waals surface area (Å²) in [6.07, 6.45) is 2.49. The van der Waals surface area contributed by atoms with Crippen LogP contribution in [-0.4, -0.2) is 39.4 Å². The molecule has 0 saturated carbocycles. The molecule has 5 rings (SSSR count). The van der Waals surface area contributed by atoms with Crippen LogP contribution in [0.4, 0.5) is 0 Å². The van der Waals surface area contributed by atoms with Gasteiger partial charge in [0.2, 0.25) is 11.4 Å². The van der Waals surface area contributed by atoms with Crippen molar-refractivity contribution in [1.82, 2.24) is 9.97 Å². The molecule has 0 amide bonds. The largest absolute Gasteiger partial charge is 0.460 e. The Balaban J connectivity index is 1.73. The SMILES string of the molecule is Cc1[nH]cnc1CC12OC(=O)/C=C\C(=O)OC1Cc1oc3ccccc3c1C2=O. The number of nitrogens with zero attached hydrogens (tertiary/aromatic N) is 1. The number of hydrogen-bond donors (Lipinski definition) is 1. The number of ether oxygens (including phenoxy) is 2. The average molecular weight is 392 g/mol. The van der Waals surface area contributed by atoms with Gasteiger partial charge in [-0.25, -0.2) is 14.6 Å². The molecule has 3 aromatic rings. The number of Topliss-reactive ketones (excluding diaryl/α,β-unsaturated/α-hetero) is 1. The molecule has 8 heteroatoms. The Morgan fingerprint density at radius 2 is 1.97 bits per heavy atom. The number of aromatic amines is 1. The summed E-state index contributed by atoms with van der Waals surface area (Å²) in [6.45, 7) is 1.80. The van der Waals surface area contributed by atoms with Crippen molar-refractivity contribution in [2.75, 3.05) is 0 Å². The number of aryl methyl sites for hydroxylation is 1. The lowest BCUT2D eigenvalue weighted by molar-refractivity contribution is -0.175. The Morgan fingerprint density at radius 3 is 2.76 bits per heavy atom. The quantitative estimate of drug-likeness (QED) is 0.666. The molecule has 0 bridgehead atoms. The van der Waals surface area contributed by atoms with Gasteiger partial charge in [-0.2, -0.15) is 0 Å². The van der Waals surface area contributed by atoms with Gasteiger partial charge in [0.15, 0.2) is 6.10 Å². The Labute approximate surface area is 164 Å². The van der Waals surface area contributed by atoms with Crippen molar-refractivity contribution >= 4 is 28.7 Å². The summed E-state index contributed by atoms with van der Waals surface area (Å²) in [5.74, 6) is -1.57. The maximum atomic E-state index is 13.8. The fourth-order valence-electron chi connectivity index (χ4n) is 4.00. The number of H-pyrrole nitrogens is 1. The van der Waals surface area contributed by atoms with Crippen molar-refractivity contribution in [3.8, 4) is 0 Å². The van der Waals surface area contributed by atoms with Crippen molar-refractivity contribution in [3.05, 3.63) is 65.5 Å². The number of esters is 2. The van der Waals surface area contributed by atoms with Crippen molar-refractivity contribution in [2.45, 2.75) is 31.5 Å². The third-order valence-electron chi connectivity index (χ3n) is 5.43. The normalized spacial score (nSPS) is 24.9. The zero-order valence-electron chi connectivity index (χ0n) is 15.4. The van der Waals surface area contributed by atoms with Gasteiger partial charge in [-0.15, -0.1) is 0 Å². The zero-order chi connectivity index (χ0) is 20.2. The van der Waals surface area contributed by atoms with Gasteiger partial charge in [0, 0.05) is 36.1 Å². The number of fused-ring (bicyclic) bond motifs is 4. The van der Waals surface area contributed by atoms with E-state index in [0.717, 1.165) is 17.8 Å². The molecular weight excluding hydrogens is 376 g/mol. The summed E-state index contributed by atoms with van der Waals surface area (Å²) in [6, 6.07) is 7.14. The highest BCUT2D eigenvalue weighted by Gasteiger charge is 2.57. The first kappa shape index (κ1) is 17.4. The number of aromatic nitrogens is 2. The minimum atomic E-state index is -1.74. The molecule has 0 spiro atoms. The lowest BCUT2D eigenvalue weighted by Crippen LogP contribution is -2.59. The summed E-state index contributed by atoms with van der Waals surface area (Å²) in [4.78, 5) is 45.6. The topological polar surface area (TPSA) is 111 Å². The number of nitrogens with one attached hydrogen (secondary N) is 1. The van der Waals surface area contributed by atoms with Gasteiger partial charge in [-0.1, -0.05) is 18.2 Å². The number of benzene rings is 1. The van der Waals surface area contributed by atoms with Crippen LogP contribution >= 0.6 is 0 Å². The number of furan rings is 1. The molecule has 2 atom stereocenters. The van der Waals surface area contributed by atoms with Gasteiger partial charge < -0.3 is 18.9 Å². The van der Waals surface area contributed by atoms with Crippen LogP contribution in [0.5, 0.6) is 0 Å². The molecule has 0 radical (unpaired) electrons. The maximum absolute atomic E-state index is 13.8. The molecule has 8 nitrogen and oxygen atoms in total. The van der Waals surface area contributed by atoms with E-state index in [2.05, 4.69) is 9.97 Å². The maximum Gasteiger partial charge on any atom is 0.332 e. The molecule has 29 heavy (non-hydrogen) atoms. The standard InChI is InChI=1S/C21H16N2O6/c1-11-13(23-10-22-11)9-21-16(28-17(24)6-7-18(25)29-21)8-15-19(20(21)26)12-4-2-3-5-14(12)27-15/h2-7,10,16H,8-9H2,1H3,(H,22,23)/b7-6-. The number of ketones is 1. The van der Waals surface area contributed by atoms with Crippen LogP contribution in [0.25, 0.3) is 11.0 Å². The molecule has 1 aliphatic carbocycles. The van der Waals surface area contributed by atoms with Gasteiger partial charge in [0.05, 0.1) is 17.6 Å². The molecule has 0 fully saturated rings. The molecule has 1 aliphatic heterocycles. The molecule has 2 aliphatic rings. The average Bonchev–Trinajstić information content (AvgIpc) is 3.26. The Bertz CT molecular complexity index is 1200. The van der Waals surface area contributed by atoms with Crippen molar-refractivity contribution in [3.63, 3.8) is 0 Å². The van der Waals surface area contributed by atoms with Gasteiger partial charge >= 0.3 is 11.9 Å². The van der Waals surface area contributed by atoms with E-state index < -0.39 is 29.4 Å². The molecule has 146 valence electrons. The Kier molecular flexibility index (Phi) is 3.70. The van der Waals surface area contributed by atoms with Gasteiger partial charge in [-0.05, 0) is 13.0 Å². The number of imidazole rings is 1. The van der Waals surface area contributed by atoms with E-state index >= 15 is 0 Å². The predicted molar refractivity (Wildman–Crippen MR) is 99.1 cm³/mol. The van der Waals surface area contributed by atoms with E-state index in [9.17, 15) is 14.4 Å². The zero-order valence-corrected chi connectivity index (χ0v) is 15.4. The molecule has 1 N–H and O–H groups in total. The first-order valence-corrected chi connectivity index (χ1v) is 9.13. The van der Waals surface area contributed by atoms with Gasteiger partial charge in [-0.3, -0.25) is 4.79 Å². The predicted octanol–water partition coefficient (Wildman–Crippen LogP) is 2.21. The van der Waals surface area contributed by atoms with Crippen LogP contribution in [-0.2, 0) is 31.9 Å². The summed E-state index contributed by atoms with van der Waals surface area (Å²) in [7, 11) is 0. The second-order valence-electron chi connectivity index (χ2n) is 7.15. The number of para-hydroxylation sites is 1. The van der Waals surface area contributed by atoms with Gasteiger partial charge in [0.1, 0.15) is 11.3 Å². The second-order valence-corrected chi connectivity index (χ2v) is 7.15. The van der Waals surface area contributed by atoms with Crippen molar-refractivity contribution in [1.29, 1.82) is 0 Å². The third kappa shape index (κ3) is 2.60. The van der Waals surface area contributed by atoms with Crippen LogP contribution in [0, 0.1) is 6.92 Å². The molecule has 0 saturated heterocycles. The third-order valence-corrected chi connectivity index (χ3v) is 5.43. The molecule has 2 aromatic heterocycles. The lowest BCUT2D eigenvalue weighted by Gasteiger charge is -2.40. The van der Waals surface area contributed by atoms with Crippen molar-refractivity contribution < 1.29 is 28.3 Å². The molecule has 3 heterocycles.